The van der Waals surface area contributed by atoms with Gasteiger partial charge in [0, 0.05) is 13.1 Å². The van der Waals surface area contributed by atoms with E-state index in [1.165, 1.54) is 12.0 Å². The molecule has 4 nitrogen and oxygen atoms in total. The molecule has 1 aromatic carbocycles. The minimum absolute atomic E-state index is 0.124. The molecule has 3 N–H and O–H groups in total. The molecule has 0 aromatic heterocycles. The molecule has 1 amide bonds. The summed E-state index contributed by atoms with van der Waals surface area (Å²) in [6, 6.07) is 7.19. The van der Waals surface area contributed by atoms with Gasteiger partial charge in [-0.1, -0.05) is 36.2 Å². The highest BCUT2D eigenvalue weighted by Gasteiger charge is 2.19. The van der Waals surface area contributed by atoms with Crippen LogP contribution in [0.15, 0.2) is 24.3 Å². The van der Waals surface area contributed by atoms with Gasteiger partial charge in [-0.2, -0.15) is 0 Å². The van der Waals surface area contributed by atoms with Crippen molar-refractivity contribution >= 4 is 5.91 Å². The fraction of sp³-hybridized carbons (Fsp3) is 0.500. The van der Waals surface area contributed by atoms with Gasteiger partial charge >= 0.3 is 0 Å². The predicted molar refractivity (Wildman–Crippen MR) is 71.7 cm³/mol. The zero-order valence-corrected chi connectivity index (χ0v) is 10.9. The molecule has 98 valence electrons. The number of hydrogen-bond donors (Lipinski definition) is 2. The van der Waals surface area contributed by atoms with Crippen molar-refractivity contribution in [3.8, 4) is 0 Å². The second-order valence-electron chi connectivity index (χ2n) is 4.91. The molecule has 0 saturated carbocycles. The minimum atomic E-state index is -0.590. The summed E-state index contributed by atoms with van der Waals surface area (Å²) in [7, 11) is 0. The van der Waals surface area contributed by atoms with Gasteiger partial charge < -0.3 is 5.73 Å². The Morgan fingerprint density at radius 2 is 1.83 bits per heavy atom. The summed E-state index contributed by atoms with van der Waals surface area (Å²) in [5.74, 6) is -0.124. The molecule has 2 rings (SSSR count). The Bertz CT molecular complexity index is 396. The van der Waals surface area contributed by atoms with E-state index in [1.807, 2.05) is 36.2 Å². The average Bonchev–Trinajstić information content (AvgIpc) is 2.40. The molecular weight excluding hydrogens is 226 g/mol. The first-order valence-electron chi connectivity index (χ1n) is 6.54. The van der Waals surface area contributed by atoms with Crippen LogP contribution in [0.2, 0.25) is 0 Å². The third-order valence-corrected chi connectivity index (χ3v) is 3.34. The molecule has 1 aliphatic rings. The number of benzene rings is 1. The maximum atomic E-state index is 12.0. The SMILES string of the molecule is Cc1ccc(C(N)C(=O)NN2CCCCC2)cc1. The fourth-order valence-corrected chi connectivity index (χ4v) is 2.16. The Hall–Kier alpha value is -1.39. The lowest BCUT2D eigenvalue weighted by atomic mass is 10.1. The molecule has 1 aliphatic heterocycles. The number of aryl methyl sites for hydroxylation is 1. The Morgan fingerprint density at radius 1 is 1.22 bits per heavy atom. The van der Waals surface area contributed by atoms with E-state index in [2.05, 4.69) is 5.43 Å². The smallest absolute Gasteiger partial charge is 0.255 e. The zero-order valence-electron chi connectivity index (χ0n) is 10.9. The van der Waals surface area contributed by atoms with Crippen LogP contribution in [0.25, 0.3) is 0 Å². The van der Waals surface area contributed by atoms with E-state index in [0.29, 0.717) is 0 Å². The first-order valence-corrected chi connectivity index (χ1v) is 6.54. The van der Waals surface area contributed by atoms with Crippen LogP contribution in [0.3, 0.4) is 0 Å². The standard InChI is InChI=1S/C14H21N3O/c1-11-5-7-12(8-6-11)13(15)14(18)16-17-9-3-2-4-10-17/h5-8,13H,2-4,9-10,15H2,1H3,(H,16,18). The van der Waals surface area contributed by atoms with Crippen LogP contribution in [0.5, 0.6) is 0 Å². The Labute approximate surface area is 108 Å². The van der Waals surface area contributed by atoms with Crippen molar-refractivity contribution in [1.82, 2.24) is 10.4 Å². The lowest BCUT2D eigenvalue weighted by Gasteiger charge is -2.28. The Kier molecular flexibility index (Phi) is 4.33. The quantitative estimate of drug-likeness (QED) is 0.851. The molecule has 1 atom stereocenters. The number of piperidine rings is 1. The second-order valence-corrected chi connectivity index (χ2v) is 4.91. The third kappa shape index (κ3) is 3.31. The van der Waals surface area contributed by atoms with Gasteiger partial charge in [-0.25, -0.2) is 5.01 Å². The summed E-state index contributed by atoms with van der Waals surface area (Å²) in [6.45, 7) is 3.86. The van der Waals surface area contributed by atoms with Gasteiger partial charge in [-0.15, -0.1) is 0 Å². The van der Waals surface area contributed by atoms with Gasteiger partial charge in [-0.3, -0.25) is 10.2 Å². The van der Waals surface area contributed by atoms with Gasteiger partial charge in [0.25, 0.3) is 5.91 Å². The summed E-state index contributed by atoms with van der Waals surface area (Å²) in [5, 5.41) is 1.97. The zero-order chi connectivity index (χ0) is 13.0. The molecule has 0 bridgehead atoms. The molecule has 0 aliphatic carbocycles. The lowest BCUT2D eigenvalue weighted by Crippen LogP contribution is -2.48. The molecular formula is C14H21N3O. The summed E-state index contributed by atoms with van der Waals surface area (Å²) in [6.07, 6.45) is 3.52. The van der Waals surface area contributed by atoms with Crippen molar-refractivity contribution in [2.45, 2.75) is 32.2 Å². The van der Waals surface area contributed by atoms with E-state index < -0.39 is 6.04 Å². The van der Waals surface area contributed by atoms with Crippen LogP contribution in [-0.4, -0.2) is 24.0 Å². The third-order valence-electron chi connectivity index (χ3n) is 3.34. The Morgan fingerprint density at radius 3 is 2.44 bits per heavy atom. The first kappa shape index (κ1) is 13.1. The number of carbonyl (C=O) groups excluding carboxylic acids is 1. The number of amides is 1. The van der Waals surface area contributed by atoms with E-state index in [0.717, 1.165) is 31.5 Å². The van der Waals surface area contributed by atoms with Gasteiger partial charge in [0.2, 0.25) is 0 Å². The molecule has 1 aromatic rings. The van der Waals surface area contributed by atoms with Gasteiger partial charge in [0.1, 0.15) is 6.04 Å². The van der Waals surface area contributed by atoms with E-state index >= 15 is 0 Å². The maximum Gasteiger partial charge on any atom is 0.255 e. The molecule has 1 saturated heterocycles. The van der Waals surface area contributed by atoms with Crippen molar-refractivity contribution in [2.75, 3.05) is 13.1 Å². The summed E-state index contributed by atoms with van der Waals surface area (Å²) in [5.41, 5.74) is 10.9. The van der Waals surface area contributed by atoms with Crippen molar-refractivity contribution in [3.05, 3.63) is 35.4 Å². The molecule has 4 heteroatoms. The van der Waals surface area contributed by atoms with Crippen LogP contribution in [0, 0.1) is 6.92 Å². The summed E-state index contributed by atoms with van der Waals surface area (Å²) >= 11 is 0. The van der Waals surface area contributed by atoms with Crippen molar-refractivity contribution in [3.63, 3.8) is 0 Å². The first-order chi connectivity index (χ1) is 8.66. The molecule has 0 spiro atoms. The minimum Gasteiger partial charge on any atom is -0.316 e. The van der Waals surface area contributed by atoms with E-state index in [-0.39, 0.29) is 5.91 Å². The van der Waals surface area contributed by atoms with Crippen LogP contribution in [0.1, 0.15) is 36.4 Å². The number of carbonyl (C=O) groups is 1. The number of nitrogens with two attached hydrogens (primary N) is 1. The van der Waals surface area contributed by atoms with E-state index in [4.69, 9.17) is 5.73 Å². The average molecular weight is 247 g/mol. The van der Waals surface area contributed by atoms with E-state index in [1.54, 1.807) is 0 Å². The second kappa shape index (κ2) is 5.98. The summed E-state index contributed by atoms with van der Waals surface area (Å²) < 4.78 is 0. The number of rotatable bonds is 3. The number of nitrogens with one attached hydrogen (secondary N) is 1. The van der Waals surface area contributed by atoms with Crippen LogP contribution in [-0.2, 0) is 4.79 Å². The molecule has 1 fully saturated rings. The highest BCUT2D eigenvalue weighted by Crippen LogP contribution is 2.12. The fourth-order valence-electron chi connectivity index (χ4n) is 2.16. The largest absolute Gasteiger partial charge is 0.316 e. The van der Waals surface area contributed by atoms with Gasteiger partial charge in [0.15, 0.2) is 0 Å². The molecule has 1 unspecified atom stereocenters. The van der Waals surface area contributed by atoms with Gasteiger partial charge in [0.05, 0.1) is 0 Å². The van der Waals surface area contributed by atoms with Crippen molar-refractivity contribution in [1.29, 1.82) is 0 Å². The number of hydrazine groups is 1. The lowest BCUT2D eigenvalue weighted by molar-refractivity contribution is -0.127. The van der Waals surface area contributed by atoms with Crippen LogP contribution >= 0.6 is 0 Å². The monoisotopic (exact) mass is 247 g/mol. The molecule has 0 radical (unpaired) electrons. The topological polar surface area (TPSA) is 58.4 Å². The Balaban J connectivity index is 1.93. The van der Waals surface area contributed by atoms with Crippen molar-refractivity contribution < 1.29 is 4.79 Å². The van der Waals surface area contributed by atoms with E-state index in [9.17, 15) is 4.79 Å². The molecule has 18 heavy (non-hydrogen) atoms. The van der Waals surface area contributed by atoms with Crippen LogP contribution < -0.4 is 11.2 Å². The number of nitrogens with zero attached hydrogens (tertiary/aromatic N) is 1. The summed E-state index contributed by atoms with van der Waals surface area (Å²) in [4.78, 5) is 12.0. The molecule has 1 heterocycles. The number of hydrogen-bond acceptors (Lipinski definition) is 3. The van der Waals surface area contributed by atoms with Crippen molar-refractivity contribution in [2.24, 2.45) is 5.73 Å². The maximum absolute atomic E-state index is 12.0. The van der Waals surface area contributed by atoms with Gasteiger partial charge in [-0.05, 0) is 25.3 Å². The normalized spacial score (nSPS) is 18.3. The van der Waals surface area contributed by atoms with Crippen LogP contribution in [0.4, 0.5) is 0 Å². The predicted octanol–water partition coefficient (Wildman–Crippen LogP) is 1.51. The highest BCUT2D eigenvalue weighted by molar-refractivity contribution is 5.82. The highest BCUT2D eigenvalue weighted by atomic mass is 16.2.